The highest BCUT2D eigenvalue weighted by atomic mass is 32.2. The summed E-state index contributed by atoms with van der Waals surface area (Å²) in [5, 5.41) is 4.42. The number of aliphatic imine (C=N–C) groups is 1. The molecule has 0 aromatic heterocycles. The molecule has 0 amide bonds. The maximum atomic E-state index is 11.1. The second-order valence-electron chi connectivity index (χ2n) is 4.40. The average Bonchev–Trinajstić information content (AvgIpc) is 2.73. The van der Waals surface area contributed by atoms with Gasteiger partial charge in [-0.2, -0.15) is 0 Å². The SMILES string of the molecule is CCOC(=O)CCCN=C1NC(C(C)C)CS1. The number of amidine groups is 1. The van der Waals surface area contributed by atoms with Gasteiger partial charge in [0.2, 0.25) is 0 Å². The number of nitrogens with zero attached hydrogens (tertiary/aromatic N) is 1. The van der Waals surface area contributed by atoms with Crippen molar-refractivity contribution in [3.63, 3.8) is 0 Å². The van der Waals surface area contributed by atoms with Gasteiger partial charge in [0.1, 0.15) is 0 Å². The van der Waals surface area contributed by atoms with Gasteiger partial charge in [-0.1, -0.05) is 25.6 Å². The third kappa shape index (κ3) is 5.44. The molecule has 4 nitrogen and oxygen atoms in total. The van der Waals surface area contributed by atoms with Gasteiger partial charge in [0.15, 0.2) is 5.17 Å². The van der Waals surface area contributed by atoms with Crippen LogP contribution < -0.4 is 5.32 Å². The molecule has 0 radical (unpaired) electrons. The summed E-state index contributed by atoms with van der Waals surface area (Å²) in [6, 6.07) is 0.531. The lowest BCUT2D eigenvalue weighted by Crippen LogP contribution is -2.31. The normalized spacial score (nSPS) is 21.9. The van der Waals surface area contributed by atoms with E-state index in [1.807, 2.05) is 6.92 Å². The molecule has 1 fully saturated rings. The predicted octanol–water partition coefficient (Wildman–Crippen LogP) is 2.05. The fourth-order valence-electron chi connectivity index (χ4n) is 1.50. The Labute approximate surface area is 108 Å². The summed E-state index contributed by atoms with van der Waals surface area (Å²) in [4.78, 5) is 15.5. The summed E-state index contributed by atoms with van der Waals surface area (Å²) in [5.74, 6) is 1.60. The van der Waals surface area contributed by atoms with Crippen molar-refractivity contribution in [2.45, 2.75) is 39.7 Å². The third-order valence-electron chi connectivity index (χ3n) is 2.61. The molecule has 1 aliphatic heterocycles. The minimum Gasteiger partial charge on any atom is -0.466 e. The highest BCUT2D eigenvalue weighted by Crippen LogP contribution is 2.18. The number of hydrogen-bond donors (Lipinski definition) is 1. The number of thioether (sulfide) groups is 1. The Morgan fingerprint density at radius 1 is 1.65 bits per heavy atom. The quantitative estimate of drug-likeness (QED) is 0.585. The summed E-state index contributed by atoms with van der Waals surface area (Å²) in [6.45, 7) is 7.40. The van der Waals surface area contributed by atoms with Crippen LogP contribution in [0.5, 0.6) is 0 Å². The fraction of sp³-hybridized carbons (Fsp3) is 0.833. The predicted molar refractivity (Wildman–Crippen MR) is 72.4 cm³/mol. The van der Waals surface area contributed by atoms with E-state index >= 15 is 0 Å². The van der Waals surface area contributed by atoms with Crippen LogP contribution >= 0.6 is 11.8 Å². The summed E-state index contributed by atoms with van der Waals surface area (Å²) in [6.07, 6.45) is 1.22. The Hall–Kier alpha value is -0.710. The zero-order valence-electron chi connectivity index (χ0n) is 10.9. The van der Waals surface area contributed by atoms with E-state index in [9.17, 15) is 4.79 Å². The van der Waals surface area contributed by atoms with Crippen LogP contribution in [0.4, 0.5) is 0 Å². The molecule has 0 aromatic rings. The van der Waals surface area contributed by atoms with Gasteiger partial charge in [-0.3, -0.25) is 9.79 Å². The largest absolute Gasteiger partial charge is 0.466 e. The van der Waals surface area contributed by atoms with Crippen molar-refractivity contribution in [2.75, 3.05) is 18.9 Å². The Morgan fingerprint density at radius 3 is 3.00 bits per heavy atom. The van der Waals surface area contributed by atoms with Crippen molar-refractivity contribution in [3.05, 3.63) is 0 Å². The number of nitrogens with one attached hydrogen (secondary N) is 1. The van der Waals surface area contributed by atoms with Gasteiger partial charge in [-0.25, -0.2) is 0 Å². The lowest BCUT2D eigenvalue weighted by molar-refractivity contribution is -0.143. The molecule has 0 spiro atoms. The van der Waals surface area contributed by atoms with E-state index in [0.29, 0.717) is 31.5 Å². The molecule has 1 saturated heterocycles. The second kappa shape index (κ2) is 7.58. The fourth-order valence-corrected chi connectivity index (χ4v) is 2.72. The van der Waals surface area contributed by atoms with Crippen LogP contribution in [0.25, 0.3) is 0 Å². The number of carbonyl (C=O) groups excluding carboxylic acids is 1. The third-order valence-corrected chi connectivity index (χ3v) is 3.66. The molecular weight excluding hydrogens is 236 g/mol. The van der Waals surface area contributed by atoms with Crippen molar-refractivity contribution in [1.29, 1.82) is 0 Å². The Kier molecular flexibility index (Phi) is 6.40. The van der Waals surface area contributed by atoms with E-state index in [1.54, 1.807) is 11.8 Å². The van der Waals surface area contributed by atoms with E-state index in [2.05, 4.69) is 24.2 Å². The first kappa shape index (κ1) is 14.4. The maximum absolute atomic E-state index is 11.1. The lowest BCUT2D eigenvalue weighted by Gasteiger charge is -2.12. The van der Waals surface area contributed by atoms with Crippen molar-refractivity contribution in [3.8, 4) is 0 Å². The van der Waals surface area contributed by atoms with Gasteiger partial charge in [0.05, 0.1) is 6.61 Å². The number of carbonyl (C=O) groups is 1. The highest BCUT2D eigenvalue weighted by molar-refractivity contribution is 8.14. The summed E-state index contributed by atoms with van der Waals surface area (Å²) < 4.78 is 4.85. The minimum absolute atomic E-state index is 0.125. The van der Waals surface area contributed by atoms with E-state index < -0.39 is 0 Å². The minimum atomic E-state index is -0.125. The van der Waals surface area contributed by atoms with Gasteiger partial charge in [0.25, 0.3) is 0 Å². The number of ether oxygens (including phenoxy) is 1. The smallest absolute Gasteiger partial charge is 0.305 e. The van der Waals surface area contributed by atoms with Gasteiger partial charge in [-0.05, 0) is 19.3 Å². The summed E-state index contributed by atoms with van der Waals surface area (Å²) in [7, 11) is 0. The molecule has 17 heavy (non-hydrogen) atoms. The topological polar surface area (TPSA) is 50.7 Å². The standard InChI is InChI=1S/C12H22N2O2S/c1-4-16-11(15)6-5-7-13-12-14-10(8-17-12)9(2)3/h9-10H,4-8H2,1-3H3,(H,13,14). The van der Waals surface area contributed by atoms with Crippen LogP contribution in [0.2, 0.25) is 0 Å². The first-order valence-corrected chi connectivity index (χ1v) is 7.21. The molecule has 1 heterocycles. The highest BCUT2D eigenvalue weighted by Gasteiger charge is 2.22. The van der Waals surface area contributed by atoms with E-state index in [-0.39, 0.29) is 5.97 Å². The second-order valence-corrected chi connectivity index (χ2v) is 5.41. The van der Waals surface area contributed by atoms with Crippen molar-refractivity contribution < 1.29 is 9.53 Å². The molecule has 5 heteroatoms. The number of rotatable bonds is 6. The zero-order chi connectivity index (χ0) is 12.7. The van der Waals surface area contributed by atoms with Crippen LogP contribution in [-0.4, -0.2) is 36.1 Å². The van der Waals surface area contributed by atoms with Crippen molar-refractivity contribution >= 4 is 22.9 Å². The first-order chi connectivity index (χ1) is 8.13. The molecule has 1 rings (SSSR count). The first-order valence-electron chi connectivity index (χ1n) is 6.23. The van der Waals surface area contributed by atoms with Crippen molar-refractivity contribution in [1.82, 2.24) is 5.32 Å². The molecule has 1 atom stereocenters. The molecular formula is C12H22N2O2S. The molecule has 0 aromatic carbocycles. The summed E-state index contributed by atoms with van der Waals surface area (Å²) in [5.41, 5.74) is 0. The molecule has 0 saturated carbocycles. The van der Waals surface area contributed by atoms with Gasteiger partial charge >= 0.3 is 5.97 Å². The van der Waals surface area contributed by atoms with Gasteiger partial charge in [0, 0.05) is 24.8 Å². The molecule has 1 unspecified atom stereocenters. The Morgan fingerprint density at radius 2 is 2.41 bits per heavy atom. The van der Waals surface area contributed by atoms with E-state index in [4.69, 9.17) is 4.74 Å². The van der Waals surface area contributed by atoms with Crippen molar-refractivity contribution in [2.24, 2.45) is 10.9 Å². The lowest BCUT2D eigenvalue weighted by atomic mass is 10.1. The van der Waals surface area contributed by atoms with Crippen LogP contribution in [0.1, 0.15) is 33.6 Å². The summed E-state index contributed by atoms with van der Waals surface area (Å²) >= 11 is 1.77. The zero-order valence-corrected chi connectivity index (χ0v) is 11.7. The average molecular weight is 258 g/mol. The van der Waals surface area contributed by atoms with Crippen LogP contribution in [0.15, 0.2) is 4.99 Å². The Bertz CT molecular complexity index is 280. The monoisotopic (exact) mass is 258 g/mol. The molecule has 1 aliphatic rings. The van der Waals surface area contributed by atoms with Gasteiger partial charge < -0.3 is 10.1 Å². The molecule has 98 valence electrons. The van der Waals surface area contributed by atoms with E-state index in [1.165, 1.54) is 0 Å². The number of esters is 1. The van der Waals surface area contributed by atoms with Gasteiger partial charge in [-0.15, -0.1) is 0 Å². The molecule has 0 aliphatic carbocycles. The van der Waals surface area contributed by atoms with E-state index in [0.717, 1.165) is 17.3 Å². The molecule has 1 N–H and O–H groups in total. The number of hydrogen-bond acceptors (Lipinski definition) is 4. The Balaban J connectivity index is 2.16. The van der Waals surface area contributed by atoms with Crippen LogP contribution in [0.3, 0.4) is 0 Å². The maximum Gasteiger partial charge on any atom is 0.305 e. The van der Waals surface area contributed by atoms with Crippen LogP contribution in [-0.2, 0) is 9.53 Å². The van der Waals surface area contributed by atoms with Crippen LogP contribution in [0, 0.1) is 5.92 Å². The molecule has 0 bridgehead atoms.